The summed E-state index contributed by atoms with van der Waals surface area (Å²) in [6.45, 7) is 17.9. The van der Waals surface area contributed by atoms with Crippen molar-refractivity contribution in [1.82, 2.24) is 0 Å². The van der Waals surface area contributed by atoms with Gasteiger partial charge >= 0.3 is 16.8 Å². The van der Waals surface area contributed by atoms with E-state index in [0.29, 0.717) is 51.7 Å². The van der Waals surface area contributed by atoms with Crippen LogP contribution in [0.1, 0.15) is 104 Å². The van der Waals surface area contributed by atoms with Crippen LogP contribution in [0.5, 0.6) is 0 Å². The molecule has 1 aliphatic rings. The lowest BCUT2D eigenvalue weighted by Crippen LogP contribution is -2.39. The minimum Gasteiger partial charge on any atom is -0.466 e. The fourth-order valence-electron chi connectivity index (χ4n) is 5.21. The van der Waals surface area contributed by atoms with Crippen LogP contribution in [0.25, 0.3) is 4.85 Å². The van der Waals surface area contributed by atoms with E-state index in [1.54, 1.807) is 38.1 Å². The van der Waals surface area contributed by atoms with Crippen LogP contribution in [0, 0.1) is 24.3 Å². The highest BCUT2D eigenvalue weighted by Crippen LogP contribution is 2.47. The van der Waals surface area contributed by atoms with Gasteiger partial charge in [0.25, 0.3) is 9.84 Å². The molecule has 38 heavy (non-hydrogen) atoms. The van der Waals surface area contributed by atoms with Gasteiger partial charge in [0.1, 0.15) is 0 Å². The summed E-state index contributed by atoms with van der Waals surface area (Å²) in [6.07, 6.45) is 6.50. The molecule has 1 saturated carbocycles. The number of benzene rings is 1. The fraction of sp³-hybridized carbons (Fsp3) is 0.700. The van der Waals surface area contributed by atoms with Gasteiger partial charge in [0.15, 0.2) is 0 Å². The first-order valence-electron chi connectivity index (χ1n) is 13.9. The van der Waals surface area contributed by atoms with E-state index in [4.69, 9.17) is 16.0 Å². The Kier molecular flexibility index (Phi) is 11.4. The molecule has 1 atom stereocenters. The van der Waals surface area contributed by atoms with Crippen LogP contribution in [0.4, 0.5) is 0 Å². The molecule has 2 rings (SSSR count). The second-order valence-electron chi connectivity index (χ2n) is 11.2. The molecular formula is C30H45NO6S. The van der Waals surface area contributed by atoms with Gasteiger partial charge in [-0.25, -0.2) is 15.0 Å². The van der Waals surface area contributed by atoms with E-state index >= 15 is 0 Å². The number of carbonyl (C=O) groups excluding carboxylic acids is 2. The first kappa shape index (κ1) is 31.8. The van der Waals surface area contributed by atoms with Gasteiger partial charge in [-0.1, -0.05) is 37.0 Å². The maximum atomic E-state index is 13.9. The third-order valence-corrected chi connectivity index (χ3v) is 10.4. The van der Waals surface area contributed by atoms with E-state index in [1.165, 1.54) is 0 Å². The molecule has 0 saturated heterocycles. The maximum absolute atomic E-state index is 13.9. The zero-order valence-electron chi connectivity index (χ0n) is 23.8. The zero-order valence-corrected chi connectivity index (χ0v) is 24.6. The molecule has 1 unspecified atom stereocenters. The van der Waals surface area contributed by atoms with E-state index in [1.807, 2.05) is 20.8 Å². The monoisotopic (exact) mass is 547 g/mol. The normalized spacial score (nSPS) is 16.5. The van der Waals surface area contributed by atoms with Gasteiger partial charge in [0.2, 0.25) is 0 Å². The van der Waals surface area contributed by atoms with Crippen molar-refractivity contribution in [2.45, 2.75) is 115 Å². The fourth-order valence-corrected chi connectivity index (χ4v) is 7.09. The van der Waals surface area contributed by atoms with Crippen molar-refractivity contribution in [3.05, 3.63) is 41.2 Å². The van der Waals surface area contributed by atoms with Crippen molar-refractivity contribution in [2.24, 2.45) is 10.8 Å². The molecule has 1 fully saturated rings. The Balaban J connectivity index is 2.17. The average Bonchev–Trinajstić information content (AvgIpc) is 2.84. The molecule has 0 radical (unpaired) electrons. The maximum Gasteiger partial charge on any atom is 0.333 e. The van der Waals surface area contributed by atoms with Crippen molar-refractivity contribution in [2.75, 3.05) is 13.2 Å². The van der Waals surface area contributed by atoms with Gasteiger partial charge < -0.3 is 9.47 Å². The molecule has 1 aliphatic carbocycles. The molecule has 0 amide bonds. The van der Waals surface area contributed by atoms with Gasteiger partial charge in [-0.2, -0.15) is 0 Å². The van der Waals surface area contributed by atoms with Crippen molar-refractivity contribution >= 4 is 21.8 Å². The van der Waals surface area contributed by atoms with Crippen LogP contribution in [0.3, 0.4) is 0 Å². The van der Waals surface area contributed by atoms with Crippen LogP contribution in [0.15, 0.2) is 29.2 Å². The standard InChI is InChI=1S/C30H45NO6S/c1-7-36-26(32)28(4,5)18-9-11-22-30(31-6,38(34,35)25-16-14-24(3)15-17-25)23-12-10-19-29(20-13-21-29)27(33)37-8-2/h14-17H,7-13,18-23H2,1-5H3. The van der Waals surface area contributed by atoms with Crippen molar-refractivity contribution < 1.29 is 27.5 Å². The molecule has 0 spiro atoms. The van der Waals surface area contributed by atoms with Gasteiger partial charge in [0, 0.05) is 12.8 Å². The largest absolute Gasteiger partial charge is 0.466 e. The zero-order chi connectivity index (χ0) is 28.5. The summed E-state index contributed by atoms with van der Waals surface area (Å²) in [4.78, 5) is 27.1. The highest BCUT2D eigenvalue weighted by molar-refractivity contribution is 7.93. The second-order valence-corrected chi connectivity index (χ2v) is 13.5. The van der Waals surface area contributed by atoms with Gasteiger partial charge in [0.05, 0.1) is 28.9 Å². The molecule has 7 nitrogen and oxygen atoms in total. The summed E-state index contributed by atoms with van der Waals surface area (Å²) in [5.41, 5.74) is -0.175. The number of nitrogens with zero attached hydrogens (tertiary/aromatic N) is 1. The predicted molar refractivity (Wildman–Crippen MR) is 148 cm³/mol. The molecule has 0 heterocycles. The van der Waals surface area contributed by atoms with Gasteiger partial charge in [-0.15, -0.1) is 0 Å². The molecule has 0 bridgehead atoms. The Bertz CT molecular complexity index is 1080. The Morgan fingerprint density at radius 1 is 0.947 bits per heavy atom. The molecule has 0 N–H and O–H groups in total. The lowest BCUT2D eigenvalue weighted by Gasteiger charge is -2.39. The number of aryl methyl sites for hydroxylation is 1. The number of unbranched alkanes of at least 4 members (excludes halogenated alkanes) is 2. The lowest BCUT2D eigenvalue weighted by molar-refractivity contribution is -0.162. The topological polar surface area (TPSA) is 91.1 Å². The van der Waals surface area contributed by atoms with E-state index in [2.05, 4.69) is 4.85 Å². The quantitative estimate of drug-likeness (QED) is 0.128. The van der Waals surface area contributed by atoms with E-state index in [0.717, 1.165) is 24.8 Å². The number of rotatable bonds is 16. The third-order valence-electron chi connectivity index (χ3n) is 7.97. The minimum absolute atomic E-state index is 0.154. The molecule has 8 heteroatoms. The third kappa shape index (κ3) is 7.37. The number of carbonyl (C=O) groups is 2. The Labute approximate surface area is 229 Å². The Morgan fingerprint density at radius 2 is 1.50 bits per heavy atom. The van der Waals surface area contributed by atoms with Crippen molar-refractivity contribution in [3.63, 3.8) is 0 Å². The number of esters is 2. The molecule has 1 aromatic rings. The number of hydrogen-bond donors (Lipinski definition) is 0. The highest BCUT2D eigenvalue weighted by Gasteiger charge is 2.51. The smallest absolute Gasteiger partial charge is 0.333 e. The van der Waals surface area contributed by atoms with Crippen LogP contribution in [0.2, 0.25) is 0 Å². The lowest BCUT2D eigenvalue weighted by atomic mass is 9.66. The van der Waals surface area contributed by atoms with Crippen LogP contribution in [-0.4, -0.2) is 38.4 Å². The van der Waals surface area contributed by atoms with Gasteiger partial charge in [-0.05, 0) is 85.3 Å². The van der Waals surface area contributed by atoms with Crippen LogP contribution >= 0.6 is 0 Å². The number of ether oxygens (including phenoxy) is 2. The second kappa shape index (κ2) is 13.6. The van der Waals surface area contributed by atoms with E-state index in [-0.39, 0.29) is 29.7 Å². The molecule has 1 aromatic carbocycles. The Morgan fingerprint density at radius 3 is 2.00 bits per heavy atom. The SMILES string of the molecule is [C-]#[N+]C(CCCCC(C)(C)C(=O)OCC)(CCCCC1(C(=O)OCC)CCC1)S(=O)(=O)c1ccc(C)cc1. The first-order valence-corrected chi connectivity index (χ1v) is 15.4. The summed E-state index contributed by atoms with van der Waals surface area (Å²) in [6, 6.07) is 6.67. The molecule has 212 valence electrons. The van der Waals surface area contributed by atoms with Gasteiger partial charge in [-0.3, -0.25) is 14.4 Å². The summed E-state index contributed by atoms with van der Waals surface area (Å²) in [5.74, 6) is -0.422. The van der Waals surface area contributed by atoms with E-state index < -0.39 is 25.5 Å². The predicted octanol–water partition coefficient (Wildman–Crippen LogP) is 6.83. The molecule has 0 aliphatic heterocycles. The Hall–Kier alpha value is -2.40. The molecular weight excluding hydrogens is 502 g/mol. The van der Waals surface area contributed by atoms with Crippen molar-refractivity contribution in [1.29, 1.82) is 0 Å². The van der Waals surface area contributed by atoms with Crippen LogP contribution in [-0.2, 0) is 28.9 Å². The minimum atomic E-state index is -3.94. The van der Waals surface area contributed by atoms with E-state index in [9.17, 15) is 18.0 Å². The summed E-state index contributed by atoms with van der Waals surface area (Å²) >= 11 is 0. The average molecular weight is 548 g/mol. The molecule has 0 aromatic heterocycles. The summed E-state index contributed by atoms with van der Waals surface area (Å²) < 4.78 is 38.2. The van der Waals surface area contributed by atoms with Crippen molar-refractivity contribution in [3.8, 4) is 0 Å². The highest BCUT2D eigenvalue weighted by atomic mass is 32.2. The number of hydrogen-bond acceptors (Lipinski definition) is 6. The summed E-state index contributed by atoms with van der Waals surface area (Å²) in [5, 5.41) is 0. The summed E-state index contributed by atoms with van der Waals surface area (Å²) in [7, 11) is -3.94. The number of sulfone groups is 1. The first-order chi connectivity index (χ1) is 17.9. The van der Waals surface area contributed by atoms with Crippen LogP contribution < -0.4 is 0 Å².